The van der Waals surface area contributed by atoms with Crippen molar-refractivity contribution in [1.29, 1.82) is 0 Å². The van der Waals surface area contributed by atoms with Crippen LogP contribution in [0.25, 0.3) is 0 Å². The molecule has 2 N–H and O–H groups in total. The minimum absolute atomic E-state index is 0.345. The highest BCUT2D eigenvalue weighted by Gasteiger charge is 1.90. The van der Waals surface area contributed by atoms with Gasteiger partial charge in [0.2, 0.25) is 5.91 Å². The van der Waals surface area contributed by atoms with E-state index in [0.717, 1.165) is 6.54 Å². The van der Waals surface area contributed by atoms with E-state index in [0.29, 0.717) is 5.57 Å². The third-order valence-corrected chi connectivity index (χ3v) is 1.45. The molecule has 0 aliphatic heterocycles. The molecule has 0 aromatic carbocycles. The molecule has 0 spiro atoms. The first kappa shape index (κ1) is 13.7. The SMILES string of the molecule is CC=C(C)C(N)=O.CCN(C)C. The zero-order valence-corrected chi connectivity index (χ0v) is 8.72. The predicted molar refractivity (Wildman–Crippen MR) is 52.9 cm³/mol. The molecule has 0 aromatic rings. The van der Waals surface area contributed by atoms with Crippen LogP contribution in [0.5, 0.6) is 0 Å². The lowest BCUT2D eigenvalue weighted by Crippen LogP contribution is -2.10. The molecule has 0 unspecified atom stereocenters. The monoisotopic (exact) mass is 172 g/mol. The molecule has 3 heteroatoms. The quantitative estimate of drug-likeness (QED) is 0.632. The van der Waals surface area contributed by atoms with Crippen molar-refractivity contribution in [2.24, 2.45) is 5.73 Å². The fourth-order valence-corrected chi connectivity index (χ4v) is 0.142. The summed E-state index contributed by atoms with van der Waals surface area (Å²) in [6.45, 7) is 6.72. The molecular formula is C9H20N2O. The molecule has 12 heavy (non-hydrogen) atoms. The van der Waals surface area contributed by atoms with E-state index in [1.54, 1.807) is 19.9 Å². The number of carbonyl (C=O) groups excluding carboxylic acids is 1. The van der Waals surface area contributed by atoms with Crippen LogP contribution < -0.4 is 5.73 Å². The van der Waals surface area contributed by atoms with Crippen LogP contribution in [0.3, 0.4) is 0 Å². The first-order valence-corrected chi connectivity index (χ1v) is 4.03. The second-order valence-electron chi connectivity index (χ2n) is 2.73. The molecule has 72 valence electrons. The molecule has 0 heterocycles. The molecule has 0 fully saturated rings. The third kappa shape index (κ3) is 11.9. The molecule has 0 aromatic heterocycles. The van der Waals surface area contributed by atoms with E-state index in [9.17, 15) is 4.79 Å². The Labute approximate surface area is 75.2 Å². The average molecular weight is 172 g/mol. The second kappa shape index (κ2) is 8.27. The normalized spacial score (nSPS) is 10.7. The Bertz CT molecular complexity index is 151. The van der Waals surface area contributed by atoms with Crippen molar-refractivity contribution in [2.75, 3.05) is 20.6 Å². The van der Waals surface area contributed by atoms with Gasteiger partial charge in [-0.25, -0.2) is 0 Å². The van der Waals surface area contributed by atoms with E-state index in [2.05, 4.69) is 25.9 Å². The molecule has 0 aliphatic carbocycles. The molecule has 1 amide bonds. The zero-order valence-electron chi connectivity index (χ0n) is 8.72. The van der Waals surface area contributed by atoms with E-state index >= 15 is 0 Å². The Balaban J connectivity index is 0. The Morgan fingerprint density at radius 3 is 1.83 bits per heavy atom. The Kier molecular flexibility index (Phi) is 9.47. The molecule has 3 nitrogen and oxygen atoms in total. The molecule has 0 atom stereocenters. The summed E-state index contributed by atoms with van der Waals surface area (Å²) in [5.41, 5.74) is 5.45. The third-order valence-electron chi connectivity index (χ3n) is 1.45. The highest BCUT2D eigenvalue weighted by molar-refractivity contribution is 5.91. The zero-order chi connectivity index (χ0) is 10.1. The van der Waals surface area contributed by atoms with E-state index in [4.69, 9.17) is 5.73 Å². The molecule has 0 radical (unpaired) electrons. The highest BCUT2D eigenvalue weighted by Crippen LogP contribution is 1.85. The van der Waals surface area contributed by atoms with Crippen molar-refractivity contribution in [3.8, 4) is 0 Å². The first-order chi connectivity index (χ1) is 5.45. The number of hydrogen-bond donors (Lipinski definition) is 1. The van der Waals surface area contributed by atoms with Crippen molar-refractivity contribution < 1.29 is 4.79 Å². The van der Waals surface area contributed by atoms with Crippen molar-refractivity contribution in [2.45, 2.75) is 20.8 Å². The van der Waals surface area contributed by atoms with Gasteiger partial charge in [-0.3, -0.25) is 4.79 Å². The summed E-state index contributed by atoms with van der Waals surface area (Å²) in [4.78, 5) is 12.2. The summed E-state index contributed by atoms with van der Waals surface area (Å²) in [6, 6.07) is 0. The van der Waals surface area contributed by atoms with Gasteiger partial charge in [0.15, 0.2) is 0 Å². The standard InChI is InChI=1S/C5H9NO.C4H11N/c1-3-4(2)5(6)7;1-4-5(2)3/h3H,1-2H3,(H2,6,7);4H2,1-3H3. The lowest BCUT2D eigenvalue weighted by Gasteiger charge is -2.00. The lowest BCUT2D eigenvalue weighted by molar-refractivity contribution is -0.114. The number of primary amides is 1. The van der Waals surface area contributed by atoms with Crippen LogP contribution in [0.15, 0.2) is 11.6 Å². The van der Waals surface area contributed by atoms with Crippen molar-refractivity contribution in [1.82, 2.24) is 4.90 Å². The summed E-state index contributed by atoms with van der Waals surface area (Å²) < 4.78 is 0. The number of nitrogens with zero attached hydrogens (tertiary/aromatic N) is 1. The first-order valence-electron chi connectivity index (χ1n) is 4.03. The fourth-order valence-electron chi connectivity index (χ4n) is 0.142. The maximum atomic E-state index is 10.1. The summed E-state index contributed by atoms with van der Waals surface area (Å²) in [6.07, 6.45) is 1.68. The molecule has 0 saturated carbocycles. The van der Waals surface area contributed by atoms with E-state index in [1.807, 2.05) is 0 Å². The van der Waals surface area contributed by atoms with Crippen LogP contribution >= 0.6 is 0 Å². The minimum Gasteiger partial charge on any atom is -0.366 e. The van der Waals surface area contributed by atoms with Crippen LogP contribution in [-0.2, 0) is 4.79 Å². The summed E-state index contributed by atoms with van der Waals surface area (Å²) in [5, 5.41) is 0. The topological polar surface area (TPSA) is 46.3 Å². The van der Waals surface area contributed by atoms with Gasteiger partial charge >= 0.3 is 0 Å². The lowest BCUT2D eigenvalue weighted by atomic mass is 10.3. The van der Waals surface area contributed by atoms with Gasteiger partial charge in [0.05, 0.1) is 0 Å². The summed E-state index contributed by atoms with van der Waals surface area (Å²) >= 11 is 0. The van der Waals surface area contributed by atoms with Gasteiger partial charge in [-0.05, 0) is 34.5 Å². The average Bonchev–Trinajstić information content (AvgIpc) is 2.04. The van der Waals surface area contributed by atoms with Gasteiger partial charge in [-0.2, -0.15) is 0 Å². The van der Waals surface area contributed by atoms with Gasteiger partial charge in [0.25, 0.3) is 0 Å². The molecule has 0 saturated heterocycles. The number of carbonyl (C=O) groups is 1. The van der Waals surface area contributed by atoms with Crippen molar-refractivity contribution >= 4 is 5.91 Å². The maximum Gasteiger partial charge on any atom is 0.243 e. The number of allylic oxidation sites excluding steroid dienone is 1. The van der Waals surface area contributed by atoms with Gasteiger partial charge in [-0.1, -0.05) is 13.0 Å². The smallest absolute Gasteiger partial charge is 0.243 e. The maximum absolute atomic E-state index is 10.1. The van der Waals surface area contributed by atoms with Crippen LogP contribution in [0, 0.1) is 0 Å². The van der Waals surface area contributed by atoms with Crippen LogP contribution in [-0.4, -0.2) is 31.4 Å². The van der Waals surface area contributed by atoms with Crippen molar-refractivity contribution in [3.63, 3.8) is 0 Å². The molecule has 0 bridgehead atoms. The number of hydrogen-bond acceptors (Lipinski definition) is 2. The predicted octanol–water partition coefficient (Wildman–Crippen LogP) is 1.01. The van der Waals surface area contributed by atoms with Crippen molar-refractivity contribution in [3.05, 3.63) is 11.6 Å². The molecule has 0 aliphatic rings. The molecule has 0 rings (SSSR count). The fraction of sp³-hybridized carbons (Fsp3) is 0.667. The highest BCUT2D eigenvalue weighted by atomic mass is 16.1. The number of nitrogens with two attached hydrogens (primary N) is 1. The summed E-state index contributed by atoms with van der Waals surface area (Å²) in [7, 11) is 4.11. The number of rotatable bonds is 2. The van der Waals surface area contributed by atoms with E-state index < -0.39 is 0 Å². The summed E-state index contributed by atoms with van der Waals surface area (Å²) in [5.74, 6) is -0.345. The Morgan fingerprint density at radius 2 is 1.83 bits per heavy atom. The van der Waals surface area contributed by atoms with E-state index in [-0.39, 0.29) is 5.91 Å². The van der Waals surface area contributed by atoms with Crippen LogP contribution in [0.4, 0.5) is 0 Å². The molecular weight excluding hydrogens is 152 g/mol. The number of amides is 1. The largest absolute Gasteiger partial charge is 0.366 e. The van der Waals surface area contributed by atoms with Gasteiger partial charge in [0.1, 0.15) is 0 Å². The Hall–Kier alpha value is -0.830. The van der Waals surface area contributed by atoms with Gasteiger partial charge < -0.3 is 10.6 Å². The van der Waals surface area contributed by atoms with E-state index in [1.165, 1.54) is 0 Å². The van der Waals surface area contributed by atoms with Gasteiger partial charge in [-0.15, -0.1) is 0 Å². The van der Waals surface area contributed by atoms with Crippen LogP contribution in [0.2, 0.25) is 0 Å². The Morgan fingerprint density at radius 1 is 1.50 bits per heavy atom. The second-order valence-corrected chi connectivity index (χ2v) is 2.73. The minimum atomic E-state index is -0.345. The van der Waals surface area contributed by atoms with Gasteiger partial charge in [0, 0.05) is 5.57 Å². The van der Waals surface area contributed by atoms with Crippen LogP contribution in [0.1, 0.15) is 20.8 Å².